The van der Waals surface area contributed by atoms with Crippen LogP contribution in [0.1, 0.15) is 47.7 Å². The molecular formula is C17H16F3NO3. The number of carbonyl (C=O) groups is 2. The Morgan fingerprint density at radius 1 is 1.42 bits per heavy atom. The number of nitrogens with zero attached hydrogens (tertiary/aromatic N) is 1. The van der Waals surface area contributed by atoms with E-state index in [1.54, 1.807) is 6.92 Å². The number of alkyl halides is 3. The molecule has 1 atom stereocenters. The summed E-state index contributed by atoms with van der Waals surface area (Å²) in [6.45, 7) is 1.59. The molecule has 0 saturated carbocycles. The first-order valence-electron chi connectivity index (χ1n) is 7.51. The first kappa shape index (κ1) is 18.0. The fourth-order valence-electron chi connectivity index (χ4n) is 3.14. The number of fused-ring (bicyclic) bond motifs is 1. The molecule has 24 heavy (non-hydrogen) atoms. The first-order chi connectivity index (χ1) is 11.2. The van der Waals surface area contributed by atoms with Gasteiger partial charge < -0.3 is 4.74 Å². The van der Waals surface area contributed by atoms with E-state index in [2.05, 4.69) is 0 Å². The molecule has 1 aromatic carbocycles. The summed E-state index contributed by atoms with van der Waals surface area (Å²) < 4.78 is 43.9. The minimum absolute atomic E-state index is 0.0389. The van der Waals surface area contributed by atoms with Gasteiger partial charge in [-0.2, -0.15) is 18.4 Å². The summed E-state index contributed by atoms with van der Waals surface area (Å²) in [6, 6.07) is 6.20. The molecule has 1 aromatic rings. The van der Waals surface area contributed by atoms with Crippen LogP contribution in [0.25, 0.3) is 0 Å². The van der Waals surface area contributed by atoms with Crippen molar-refractivity contribution in [1.82, 2.24) is 0 Å². The van der Waals surface area contributed by atoms with Gasteiger partial charge in [-0.15, -0.1) is 0 Å². The predicted molar refractivity (Wildman–Crippen MR) is 78.2 cm³/mol. The van der Waals surface area contributed by atoms with Crippen molar-refractivity contribution in [3.8, 4) is 6.07 Å². The summed E-state index contributed by atoms with van der Waals surface area (Å²) in [5, 5.41) is 8.89. The lowest BCUT2D eigenvalue weighted by molar-refractivity contribution is -0.162. The zero-order valence-electron chi connectivity index (χ0n) is 13.1. The Balaban J connectivity index is 2.42. The van der Waals surface area contributed by atoms with Crippen LogP contribution in [0.2, 0.25) is 0 Å². The summed E-state index contributed by atoms with van der Waals surface area (Å²) >= 11 is 0. The molecule has 0 aromatic heterocycles. The normalized spacial score (nSPS) is 20.2. The summed E-state index contributed by atoms with van der Waals surface area (Å²) in [5.74, 6) is -1.52. The molecule has 1 unspecified atom stereocenters. The monoisotopic (exact) mass is 339 g/mol. The van der Waals surface area contributed by atoms with E-state index in [4.69, 9.17) is 10.00 Å². The average molecular weight is 339 g/mol. The number of ether oxygens (including phenoxy) is 1. The van der Waals surface area contributed by atoms with Crippen LogP contribution in [0.4, 0.5) is 13.2 Å². The highest BCUT2D eigenvalue weighted by atomic mass is 19.4. The Bertz CT molecular complexity index is 706. The SMILES string of the molecule is CCOC(=O)CC1(CC(F)(F)F)CCc2cc(C#N)ccc2C1=O. The van der Waals surface area contributed by atoms with E-state index in [0.29, 0.717) is 11.1 Å². The second-order valence-electron chi connectivity index (χ2n) is 5.87. The Hall–Kier alpha value is -2.36. The van der Waals surface area contributed by atoms with Gasteiger partial charge in [-0.25, -0.2) is 0 Å². The van der Waals surface area contributed by atoms with Crippen LogP contribution >= 0.6 is 0 Å². The van der Waals surface area contributed by atoms with Crippen molar-refractivity contribution in [2.75, 3.05) is 6.61 Å². The molecule has 0 saturated heterocycles. The number of rotatable bonds is 4. The number of aryl methyl sites for hydroxylation is 1. The summed E-state index contributed by atoms with van der Waals surface area (Å²) in [5.41, 5.74) is -0.809. The number of nitriles is 1. The van der Waals surface area contributed by atoms with Gasteiger partial charge in [0, 0.05) is 5.56 Å². The summed E-state index contributed by atoms with van der Waals surface area (Å²) in [7, 11) is 0. The Morgan fingerprint density at radius 2 is 2.12 bits per heavy atom. The lowest BCUT2D eigenvalue weighted by Gasteiger charge is -2.36. The molecule has 0 bridgehead atoms. The third-order valence-corrected chi connectivity index (χ3v) is 4.16. The van der Waals surface area contributed by atoms with Gasteiger partial charge >= 0.3 is 12.1 Å². The number of hydrogen-bond acceptors (Lipinski definition) is 4. The van der Waals surface area contributed by atoms with Gasteiger partial charge in [0.15, 0.2) is 5.78 Å². The highest BCUT2D eigenvalue weighted by molar-refractivity contribution is 6.04. The maximum absolute atomic E-state index is 13.0. The lowest BCUT2D eigenvalue weighted by Crippen LogP contribution is -2.42. The van der Waals surface area contributed by atoms with E-state index in [1.807, 2.05) is 6.07 Å². The maximum Gasteiger partial charge on any atom is 0.390 e. The van der Waals surface area contributed by atoms with Crippen LogP contribution in [0.5, 0.6) is 0 Å². The highest BCUT2D eigenvalue weighted by Gasteiger charge is 2.51. The molecule has 0 N–H and O–H groups in total. The largest absolute Gasteiger partial charge is 0.466 e. The first-order valence-corrected chi connectivity index (χ1v) is 7.51. The highest BCUT2D eigenvalue weighted by Crippen LogP contribution is 2.46. The van der Waals surface area contributed by atoms with E-state index < -0.39 is 36.2 Å². The van der Waals surface area contributed by atoms with Gasteiger partial charge in [-0.3, -0.25) is 9.59 Å². The molecule has 0 spiro atoms. The average Bonchev–Trinajstić information content (AvgIpc) is 2.49. The molecule has 0 aliphatic heterocycles. The molecule has 0 radical (unpaired) electrons. The molecule has 0 fully saturated rings. The van der Waals surface area contributed by atoms with Gasteiger partial charge in [-0.1, -0.05) is 0 Å². The van der Waals surface area contributed by atoms with Crippen LogP contribution < -0.4 is 0 Å². The number of halogens is 3. The summed E-state index contributed by atoms with van der Waals surface area (Å²) in [4.78, 5) is 24.5. The second-order valence-corrected chi connectivity index (χ2v) is 5.87. The van der Waals surface area contributed by atoms with Crippen molar-refractivity contribution in [1.29, 1.82) is 5.26 Å². The zero-order chi connectivity index (χ0) is 18.0. The quantitative estimate of drug-likeness (QED) is 0.787. The lowest BCUT2D eigenvalue weighted by atomic mass is 9.66. The molecule has 7 heteroatoms. The van der Waals surface area contributed by atoms with E-state index in [1.165, 1.54) is 18.2 Å². The maximum atomic E-state index is 13.0. The number of esters is 1. The van der Waals surface area contributed by atoms with E-state index >= 15 is 0 Å². The topological polar surface area (TPSA) is 67.2 Å². The number of Topliss-reactive ketones (excluding diaryl/α,β-unsaturated/α-hetero) is 1. The van der Waals surface area contributed by atoms with Gasteiger partial charge in [0.05, 0.1) is 36.5 Å². The van der Waals surface area contributed by atoms with Crippen LogP contribution in [0.3, 0.4) is 0 Å². The molecule has 4 nitrogen and oxygen atoms in total. The van der Waals surface area contributed by atoms with E-state index in [9.17, 15) is 22.8 Å². The van der Waals surface area contributed by atoms with Crippen molar-refractivity contribution in [2.24, 2.45) is 5.41 Å². The molecule has 1 aliphatic rings. The van der Waals surface area contributed by atoms with Gasteiger partial charge in [-0.05, 0) is 43.5 Å². The van der Waals surface area contributed by atoms with Crippen molar-refractivity contribution in [2.45, 2.75) is 38.8 Å². The van der Waals surface area contributed by atoms with Crippen LogP contribution in [-0.4, -0.2) is 24.5 Å². The van der Waals surface area contributed by atoms with E-state index in [0.717, 1.165) is 0 Å². The fourth-order valence-corrected chi connectivity index (χ4v) is 3.14. The van der Waals surface area contributed by atoms with Crippen LogP contribution in [0, 0.1) is 16.7 Å². The third kappa shape index (κ3) is 3.75. The predicted octanol–water partition coefficient (Wildman–Crippen LogP) is 3.58. The molecule has 1 aliphatic carbocycles. The number of hydrogen-bond donors (Lipinski definition) is 0. The minimum Gasteiger partial charge on any atom is -0.466 e. The second kappa shape index (κ2) is 6.63. The van der Waals surface area contributed by atoms with Crippen LogP contribution in [0.15, 0.2) is 18.2 Å². The van der Waals surface area contributed by atoms with E-state index in [-0.39, 0.29) is 25.0 Å². The molecule has 0 heterocycles. The van der Waals surface area contributed by atoms with Crippen LogP contribution in [-0.2, 0) is 16.0 Å². The minimum atomic E-state index is -4.58. The smallest absolute Gasteiger partial charge is 0.390 e. The van der Waals surface area contributed by atoms with Crippen molar-refractivity contribution in [3.63, 3.8) is 0 Å². The van der Waals surface area contributed by atoms with Crippen molar-refractivity contribution >= 4 is 11.8 Å². The number of carbonyl (C=O) groups excluding carboxylic acids is 2. The number of benzene rings is 1. The fraction of sp³-hybridized carbons (Fsp3) is 0.471. The Morgan fingerprint density at radius 3 is 2.71 bits per heavy atom. The van der Waals surface area contributed by atoms with Gasteiger partial charge in [0.1, 0.15) is 0 Å². The molecule has 0 amide bonds. The standard InChI is InChI=1S/C17H16F3NO3/c1-2-24-14(22)8-16(10-17(18,19)20)6-5-12-7-11(9-21)3-4-13(12)15(16)23/h3-4,7H,2,5-6,8,10H2,1H3. The Labute approximate surface area is 137 Å². The summed E-state index contributed by atoms with van der Waals surface area (Å²) in [6.07, 6.45) is -6.44. The van der Waals surface area contributed by atoms with Gasteiger partial charge in [0.25, 0.3) is 0 Å². The Kier molecular flexibility index (Phi) is 4.97. The molecule has 128 valence electrons. The van der Waals surface area contributed by atoms with Crippen molar-refractivity contribution < 1.29 is 27.5 Å². The third-order valence-electron chi connectivity index (χ3n) is 4.16. The van der Waals surface area contributed by atoms with Crippen molar-refractivity contribution in [3.05, 3.63) is 34.9 Å². The molecular weight excluding hydrogens is 323 g/mol. The molecule has 2 rings (SSSR count). The number of ketones is 1. The zero-order valence-corrected chi connectivity index (χ0v) is 13.1. The van der Waals surface area contributed by atoms with Gasteiger partial charge in [0.2, 0.25) is 0 Å².